The lowest BCUT2D eigenvalue weighted by atomic mass is 9.75. The fourth-order valence-electron chi connectivity index (χ4n) is 2.72. The van der Waals surface area contributed by atoms with Crippen LogP contribution in [0.4, 0.5) is 0 Å². The fraction of sp³-hybridized carbons (Fsp3) is 0.727. The summed E-state index contributed by atoms with van der Waals surface area (Å²) in [5.74, 6) is 0. The predicted molar refractivity (Wildman–Crippen MR) is 69.1 cm³/mol. The van der Waals surface area contributed by atoms with E-state index in [4.69, 9.17) is 9.29 Å². The third-order valence-electron chi connectivity index (χ3n) is 3.85. The first-order valence-corrected chi connectivity index (χ1v) is 8.05. The highest BCUT2D eigenvalue weighted by Gasteiger charge is 2.46. The third kappa shape index (κ3) is 2.04. The number of hydrogen-bond acceptors (Lipinski definition) is 5. The average molecular weight is 288 g/mol. The molecule has 18 heavy (non-hydrogen) atoms. The van der Waals surface area contributed by atoms with Gasteiger partial charge in [0, 0.05) is 13.1 Å². The molecular weight excluding hydrogens is 272 g/mol. The molecule has 3 rings (SSSR count). The first-order valence-electron chi connectivity index (χ1n) is 6.12. The quantitative estimate of drug-likeness (QED) is 0.853. The molecule has 1 unspecified atom stereocenters. The summed E-state index contributed by atoms with van der Waals surface area (Å²) in [6.45, 7) is 3.39. The van der Waals surface area contributed by atoms with Gasteiger partial charge in [-0.05, 0) is 19.3 Å². The molecule has 100 valence electrons. The lowest BCUT2D eigenvalue weighted by Crippen LogP contribution is -2.55. The van der Waals surface area contributed by atoms with Crippen LogP contribution in [0.5, 0.6) is 0 Å². The van der Waals surface area contributed by atoms with Crippen LogP contribution < -0.4 is 0 Å². The van der Waals surface area contributed by atoms with E-state index in [1.54, 1.807) is 0 Å². The van der Waals surface area contributed by atoms with E-state index in [1.165, 1.54) is 24.0 Å². The number of rotatable bonds is 3. The standard InChI is InChI=1S/C11H16N2O3S2/c14-18(15)9-8-12-10(17-9)11(2-1-3-11)13-4-6-16-7-5-13/h8H,1-7H2,(H,14,15). The Morgan fingerprint density at radius 3 is 2.67 bits per heavy atom. The Morgan fingerprint density at radius 2 is 2.17 bits per heavy atom. The molecule has 1 aliphatic carbocycles. The molecule has 0 spiro atoms. The lowest BCUT2D eigenvalue weighted by Gasteiger charge is -2.50. The van der Waals surface area contributed by atoms with Gasteiger partial charge in [-0.1, -0.05) is 0 Å². The van der Waals surface area contributed by atoms with Gasteiger partial charge in [0.05, 0.1) is 24.9 Å². The third-order valence-corrected chi connectivity index (χ3v) is 5.96. The van der Waals surface area contributed by atoms with Gasteiger partial charge in [0.2, 0.25) is 0 Å². The predicted octanol–water partition coefficient (Wildman–Crippen LogP) is 1.44. The molecule has 1 N–H and O–H groups in total. The van der Waals surface area contributed by atoms with Gasteiger partial charge >= 0.3 is 0 Å². The highest BCUT2D eigenvalue weighted by Crippen LogP contribution is 2.48. The van der Waals surface area contributed by atoms with Gasteiger partial charge in [0.25, 0.3) is 0 Å². The molecule has 1 atom stereocenters. The second-order valence-corrected chi connectivity index (χ2v) is 6.95. The van der Waals surface area contributed by atoms with Crippen molar-refractivity contribution in [2.75, 3.05) is 26.3 Å². The fourth-order valence-corrected chi connectivity index (χ4v) is 4.31. The van der Waals surface area contributed by atoms with E-state index in [9.17, 15) is 4.21 Å². The van der Waals surface area contributed by atoms with Crippen molar-refractivity contribution in [1.82, 2.24) is 9.88 Å². The highest BCUT2D eigenvalue weighted by atomic mass is 32.2. The minimum absolute atomic E-state index is 0.00602. The van der Waals surface area contributed by atoms with E-state index < -0.39 is 11.1 Å². The number of thiazole rings is 1. The van der Waals surface area contributed by atoms with Crippen LogP contribution in [0.2, 0.25) is 0 Å². The normalized spacial score (nSPS) is 25.6. The smallest absolute Gasteiger partial charge is 0.198 e. The minimum Gasteiger partial charge on any atom is -0.379 e. The maximum atomic E-state index is 11.1. The maximum absolute atomic E-state index is 11.1. The van der Waals surface area contributed by atoms with Crippen molar-refractivity contribution in [2.45, 2.75) is 29.0 Å². The summed E-state index contributed by atoms with van der Waals surface area (Å²) < 4.78 is 26.0. The zero-order valence-corrected chi connectivity index (χ0v) is 11.6. The van der Waals surface area contributed by atoms with Crippen LogP contribution in [0.3, 0.4) is 0 Å². The molecule has 1 aromatic heterocycles. The molecule has 0 radical (unpaired) electrons. The molecule has 5 nitrogen and oxygen atoms in total. The van der Waals surface area contributed by atoms with Gasteiger partial charge in [0.1, 0.15) is 9.22 Å². The summed E-state index contributed by atoms with van der Waals surface area (Å²) in [4.78, 5) is 6.82. The van der Waals surface area contributed by atoms with Gasteiger partial charge in [-0.15, -0.1) is 11.3 Å². The molecule has 0 bridgehead atoms. The molecule has 7 heteroatoms. The van der Waals surface area contributed by atoms with Crippen molar-refractivity contribution in [1.29, 1.82) is 0 Å². The van der Waals surface area contributed by atoms with Crippen molar-refractivity contribution in [3.63, 3.8) is 0 Å². The van der Waals surface area contributed by atoms with Gasteiger partial charge in [-0.2, -0.15) is 0 Å². The van der Waals surface area contributed by atoms with Crippen LogP contribution >= 0.6 is 11.3 Å². The first-order chi connectivity index (χ1) is 8.72. The van der Waals surface area contributed by atoms with Crippen LogP contribution in [0.25, 0.3) is 0 Å². The molecule has 0 aromatic carbocycles. The van der Waals surface area contributed by atoms with Crippen molar-refractivity contribution in [3.05, 3.63) is 11.2 Å². The van der Waals surface area contributed by atoms with Crippen molar-refractivity contribution < 1.29 is 13.5 Å². The summed E-state index contributed by atoms with van der Waals surface area (Å²) in [6, 6.07) is 0. The average Bonchev–Trinajstić information content (AvgIpc) is 2.79. The van der Waals surface area contributed by atoms with Crippen molar-refractivity contribution in [2.24, 2.45) is 0 Å². The van der Waals surface area contributed by atoms with Crippen LogP contribution in [0, 0.1) is 0 Å². The molecule has 2 aliphatic rings. The Labute approximate surface area is 112 Å². The Bertz CT molecular complexity index is 453. The second kappa shape index (κ2) is 4.97. The van der Waals surface area contributed by atoms with E-state index >= 15 is 0 Å². The maximum Gasteiger partial charge on any atom is 0.198 e. The number of ether oxygens (including phenoxy) is 1. The van der Waals surface area contributed by atoms with Crippen molar-refractivity contribution >= 4 is 22.4 Å². The molecule has 2 fully saturated rings. The Balaban J connectivity index is 1.87. The first kappa shape index (κ1) is 12.7. The molecule has 1 saturated carbocycles. The van der Waals surface area contributed by atoms with Crippen LogP contribution in [0.1, 0.15) is 24.3 Å². The van der Waals surface area contributed by atoms with Gasteiger partial charge in [-0.3, -0.25) is 4.90 Å². The number of morpholine rings is 1. The molecule has 1 saturated heterocycles. The van der Waals surface area contributed by atoms with Crippen LogP contribution in [-0.4, -0.2) is 44.9 Å². The summed E-state index contributed by atoms with van der Waals surface area (Å²) in [5.41, 5.74) is 0.00602. The number of hydrogen-bond donors (Lipinski definition) is 1. The Morgan fingerprint density at radius 1 is 1.44 bits per heavy atom. The van der Waals surface area contributed by atoms with Crippen LogP contribution in [-0.2, 0) is 21.4 Å². The Kier molecular flexibility index (Phi) is 3.50. The van der Waals surface area contributed by atoms with E-state index in [-0.39, 0.29) is 5.54 Å². The summed E-state index contributed by atoms with van der Waals surface area (Å²) in [6.07, 6.45) is 4.93. The number of aromatic nitrogens is 1. The molecule has 1 aromatic rings. The topological polar surface area (TPSA) is 62.7 Å². The zero-order chi connectivity index (χ0) is 12.6. The van der Waals surface area contributed by atoms with Crippen LogP contribution in [0.15, 0.2) is 10.4 Å². The largest absolute Gasteiger partial charge is 0.379 e. The zero-order valence-electron chi connectivity index (χ0n) is 10.0. The lowest BCUT2D eigenvalue weighted by molar-refractivity contribution is -0.0596. The summed E-state index contributed by atoms with van der Waals surface area (Å²) in [7, 11) is 0. The van der Waals surface area contributed by atoms with E-state index in [1.807, 2.05) is 0 Å². The Hall–Kier alpha value is -0.340. The minimum atomic E-state index is -1.91. The number of nitrogens with zero attached hydrogens (tertiary/aromatic N) is 2. The summed E-state index contributed by atoms with van der Waals surface area (Å²) in [5, 5.41) is 0.994. The summed E-state index contributed by atoms with van der Waals surface area (Å²) >= 11 is -0.539. The van der Waals surface area contributed by atoms with Crippen molar-refractivity contribution in [3.8, 4) is 0 Å². The monoisotopic (exact) mass is 288 g/mol. The van der Waals surface area contributed by atoms with Gasteiger partial charge in [0.15, 0.2) is 11.1 Å². The van der Waals surface area contributed by atoms with E-state index in [0.717, 1.165) is 44.2 Å². The molecule has 1 aliphatic heterocycles. The second-order valence-electron chi connectivity index (χ2n) is 4.72. The van der Waals surface area contributed by atoms with Gasteiger partial charge in [-0.25, -0.2) is 9.19 Å². The highest BCUT2D eigenvalue weighted by molar-refractivity contribution is 7.81. The molecular formula is C11H16N2O3S2. The van der Waals surface area contributed by atoms with Gasteiger partial charge < -0.3 is 9.29 Å². The SMILES string of the molecule is O=S(O)c1cnc(C2(N3CCOCC3)CCC2)s1. The van der Waals surface area contributed by atoms with E-state index in [0.29, 0.717) is 4.21 Å². The van der Waals surface area contributed by atoms with E-state index in [2.05, 4.69) is 9.88 Å². The molecule has 0 amide bonds. The molecule has 2 heterocycles.